The van der Waals surface area contributed by atoms with Gasteiger partial charge in [-0.1, -0.05) is 25.4 Å². The quantitative estimate of drug-likeness (QED) is 0.834. The molecule has 22 heavy (non-hydrogen) atoms. The van der Waals surface area contributed by atoms with Gasteiger partial charge in [-0.3, -0.25) is 9.59 Å². The van der Waals surface area contributed by atoms with E-state index in [0.717, 1.165) is 6.42 Å². The summed E-state index contributed by atoms with van der Waals surface area (Å²) in [5.74, 6) is 0.574. The lowest BCUT2D eigenvalue weighted by Gasteiger charge is -2.21. The molecule has 0 radical (unpaired) electrons. The van der Waals surface area contributed by atoms with E-state index in [4.69, 9.17) is 11.6 Å². The normalized spacial score (nSPS) is 15.9. The molecule has 1 aliphatic heterocycles. The maximum absolute atomic E-state index is 12.7. The summed E-state index contributed by atoms with van der Waals surface area (Å²) in [7, 11) is 0. The first-order chi connectivity index (χ1) is 10.4. The molecule has 0 unspecified atom stereocenters. The average Bonchev–Trinajstić information content (AvgIpc) is 2.72. The minimum atomic E-state index is -0.195. The number of hydrogen-bond donors (Lipinski definition) is 0. The molecule has 0 atom stereocenters. The molecule has 0 aliphatic carbocycles. The highest BCUT2D eigenvalue weighted by molar-refractivity contribution is 6.33. The van der Waals surface area contributed by atoms with Gasteiger partial charge >= 0.3 is 0 Å². The second kappa shape index (κ2) is 7.05. The molecule has 0 aromatic carbocycles. The molecule has 0 N–H and O–H groups in total. The fourth-order valence-corrected chi connectivity index (χ4v) is 2.57. The van der Waals surface area contributed by atoms with Crippen LogP contribution in [0, 0.1) is 0 Å². The molecule has 2 heterocycles. The molecule has 1 saturated heterocycles. The highest BCUT2D eigenvalue weighted by atomic mass is 35.5. The maximum atomic E-state index is 12.7. The Hall–Kier alpha value is -1.69. The van der Waals surface area contributed by atoms with Gasteiger partial charge in [0.25, 0.3) is 5.91 Å². The summed E-state index contributed by atoms with van der Waals surface area (Å²) in [5, 5.41) is 0.266. The van der Waals surface area contributed by atoms with Crippen LogP contribution in [0.1, 0.15) is 49.4 Å². The first-order valence-electron chi connectivity index (χ1n) is 7.47. The Morgan fingerprint density at radius 2 is 1.82 bits per heavy atom. The molecule has 2 rings (SSSR count). The Bertz CT molecular complexity index is 577. The highest BCUT2D eigenvalue weighted by Crippen LogP contribution is 2.19. The fourth-order valence-electron chi connectivity index (χ4n) is 2.39. The lowest BCUT2D eigenvalue weighted by atomic mass is 10.2. The maximum Gasteiger partial charge on any atom is 0.274 e. The highest BCUT2D eigenvalue weighted by Gasteiger charge is 2.24. The minimum Gasteiger partial charge on any atom is -0.341 e. The summed E-state index contributed by atoms with van der Waals surface area (Å²) in [4.78, 5) is 36.1. The van der Waals surface area contributed by atoms with Crippen LogP contribution in [0.15, 0.2) is 6.20 Å². The van der Waals surface area contributed by atoms with Crippen molar-refractivity contribution in [3.8, 4) is 0 Å². The monoisotopic (exact) mass is 324 g/mol. The van der Waals surface area contributed by atoms with Gasteiger partial charge in [-0.15, -0.1) is 0 Å². The van der Waals surface area contributed by atoms with Gasteiger partial charge in [-0.25, -0.2) is 9.97 Å². The Kier molecular flexibility index (Phi) is 5.34. The van der Waals surface area contributed by atoms with Crippen molar-refractivity contribution in [3.63, 3.8) is 0 Å². The van der Waals surface area contributed by atoms with Crippen LogP contribution in [-0.2, 0) is 4.79 Å². The first-order valence-corrected chi connectivity index (χ1v) is 7.85. The topological polar surface area (TPSA) is 66.4 Å². The molecule has 1 aromatic rings. The molecule has 1 fully saturated rings. The van der Waals surface area contributed by atoms with Crippen LogP contribution in [0.4, 0.5) is 0 Å². The largest absolute Gasteiger partial charge is 0.341 e. The van der Waals surface area contributed by atoms with Gasteiger partial charge in [0, 0.05) is 39.0 Å². The van der Waals surface area contributed by atoms with E-state index >= 15 is 0 Å². The van der Waals surface area contributed by atoms with Gasteiger partial charge in [0.1, 0.15) is 5.82 Å². The van der Waals surface area contributed by atoms with Crippen molar-refractivity contribution in [1.82, 2.24) is 19.8 Å². The van der Waals surface area contributed by atoms with Crippen molar-refractivity contribution >= 4 is 23.4 Å². The van der Waals surface area contributed by atoms with Crippen molar-refractivity contribution in [2.24, 2.45) is 0 Å². The van der Waals surface area contributed by atoms with E-state index in [9.17, 15) is 9.59 Å². The summed E-state index contributed by atoms with van der Waals surface area (Å²) in [6, 6.07) is 0. The minimum absolute atomic E-state index is 0.0384. The number of amides is 2. The first kappa shape index (κ1) is 16.7. The third-order valence-corrected chi connectivity index (χ3v) is 3.99. The summed E-state index contributed by atoms with van der Waals surface area (Å²) < 4.78 is 0. The molecule has 7 heteroatoms. The lowest BCUT2D eigenvalue weighted by molar-refractivity contribution is -0.128. The number of hydrogen-bond acceptors (Lipinski definition) is 4. The van der Waals surface area contributed by atoms with Crippen LogP contribution >= 0.6 is 11.6 Å². The van der Waals surface area contributed by atoms with Gasteiger partial charge in [0.2, 0.25) is 5.91 Å². The van der Waals surface area contributed by atoms with E-state index in [1.165, 1.54) is 6.20 Å². The van der Waals surface area contributed by atoms with E-state index in [2.05, 4.69) is 9.97 Å². The van der Waals surface area contributed by atoms with Crippen LogP contribution in [0.25, 0.3) is 0 Å². The Balaban J connectivity index is 2.17. The third kappa shape index (κ3) is 3.74. The van der Waals surface area contributed by atoms with Crippen molar-refractivity contribution in [3.05, 3.63) is 22.7 Å². The smallest absolute Gasteiger partial charge is 0.274 e. The number of nitrogens with zero attached hydrogens (tertiary/aromatic N) is 4. The standard InChI is InChI=1S/C15H21ClN4O2/c1-10(2)14-17-9-12(16)13(18-14)15(22)20-6-4-5-19(7-8-20)11(3)21/h9-10H,4-8H2,1-3H3. The van der Waals surface area contributed by atoms with Crippen LogP contribution in [0.5, 0.6) is 0 Å². The van der Waals surface area contributed by atoms with E-state index in [-0.39, 0.29) is 28.4 Å². The zero-order valence-electron chi connectivity index (χ0n) is 13.2. The number of carbonyl (C=O) groups is 2. The van der Waals surface area contributed by atoms with Crippen LogP contribution in [-0.4, -0.2) is 57.8 Å². The summed E-state index contributed by atoms with van der Waals surface area (Å²) in [5.41, 5.74) is 0.247. The molecular weight excluding hydrogens is 304 g/mol. The Morgan fingerprint density at radius 3 is 2.45 bits per heavy atom. The molecule has 1 aliphatic rings. The zero-order valence-corrected chi connectivity index (χ0v) is 13.9. The van der Waals surface area contributed by atoms with Crippen molar-refractivity contribution in [1.29, 1.82) is 0 Å². The van der Waals surface area contributed by atoms with Crippen LogP contribution < -0.4 is 0 Å². The van der Waals surface area contributed by atoms with Crippen LogP contribution in [0.2, 0.25) is 5.02 Å². The Labute approximate surface area is 135 Å². The van der Waals surface area contributed by atoms with Crippen LogP contribution in [0.3, 0.4) is 0 Å². The summed E-state index contributed by atoms with van der Waals surface area (Å²) in [6.45, 7) is 7.79. The molecule has 0 saturated carbocycles. The van der Waals surface area contributed by atoms with Gasteiger partial charge in [-0.2, -0.15) is 0 Å². The van der Waals surface area contributed by atoms with Crippen molar-refractivity contribution in [2.45, 2.75) is 33.1 Å². The van der Waals surface area contributed by atoms with E-state index in [1.54, 1.807) is 16.7 Å². The van der Waals surface area contributed by atoms with Crippen molar-refractivity contribution in [2.75, 3.05) is 26.2 Å². The van der Waals surface area contributed by atoms with E-state index in [1.807, 2.05) is 13.8 Å². The number of aromatic nitrogens is 2. The summed E-state index contributed by atoms with van der Waals surface area (Å²) in [6.07, 6.45) is 2.24. The third-order valence-electron chi connectivity index (χ3n) is 3.71. The van der Waals surface area contributed by atoms with Gasteiger partial charge in [0.05, 0.1) is 11.2 Å². The van der Waals surface area contributed by atoms with Gasteiger partial charge in [-0.05, 0) is 6.42 Å². The predicted octanol–water partition coefficient (Wildman–Crippen LogP) is 1.95. The number of halogens is 1. The van der Waals surface area contributed by atoms with Gasteiger partial charge < -0.3 is 9.80 Å². The number of carbonyl (C=O) groups excluding carboxylic acids is 2. The molecule has 0 spiro atoms. The van der Waals surface area contributed by atoms with E-state index in [0.29, 0.717) is 32.0 Å². The van der Waals surface area contributed by atoms with Crippen molar-refractivity contribution < 1.29 is 9.59 Å². The molecular formula is C15H21ClN4O2. The molecule has 6 nitrogen and oxygen atoms in total. The van der Waals surface area contributed by atoms with E-state index < -0.39 is 0 Å². The fraction of sp³-hybridized carbons (Fsp3) is 0.600. The number of rotatable bonds is 2. The molecule has 0 bridgehead atoms. The van der Waals surface area contributed by atoms with Gasteiger partial charge in [0.15, 0.2) is 5.69 Å². The Morgan fingerprint density at radius 1 is 1.18 bits per heavy atom. The molecule has 2 amide bonds. The SMILES string of the molecule is CC(=O)N1CCCN(C(=O)c2nc(C(C)C)ncc2Cl)CC1. The summed E-state index contributed by atoms with van der Waals surface area (Å²) >= 11 is 6.10. The molecule has 120 valence electrons. The lowest BCUT2D eigenvalue weighted by Crippen LogP contribution is -2.37. The zero-order chi connectivity index (χ0) is 16.3. The second-order valence-electron chi connectivity index (χ2n) is 5.73. The second-order valence-corrected chi connectivity index (χ2v) is 6.14. The molecule has 1 aromatic heterocycles. The predicted molar refractivity (Wildman–Crippen MR) is 83.9 cm³/mol. The average molecular weight is 325 g/mol.